The minimum Gasteiger partial charge on any atom is -0.468 e. The first-order valence-corrected chi connectivity index (χ1v) is 10.6. The second-order valence-electron chi connectivity index (χ2n) is 6.25. The van der Waals surface area contributed by atoms with E-state index in [9.17, 15) is 13.2 Å². The Bertz CT molecular complexity index is 1120. The van der Waals surface area contributed by atoms with Crippen LogP contribution < -0.4 is 10.0 Å². The number of hydrogen-bond donors (Lipinski definition) is 2. The fourth-order valence-electron chi connectivity index (χ4n) is 2.53. The Kier molecular flexibility index (Phi) is 6.53. The lowest BCUT2D eigenvalue weighted by atomic mass is 10.2. The maximum atomic E-state index is 12.3. The van der Waals surface area contributed by atoms with Gasteiger partial charge in [-0.2, -0.15) is 0 Å². The predicted octanol–water partition coefficient (Wildman–Crippen LogP) is 4.37. The number of furan rings is 1. The maximum absolute atomic E-state index is 12.3. The third kappa shape index (κ3) is 5.80. The van der Waals surface area contributed by atoms with Crippen molar-refractivity contribution in [2.75, 3.05) is 5.32 Å². The van der Waals surface area contributed by atoms with Crippen molar-refractivity contribution in [3.05, 3.63) is 88.8 Å². The van der Waals surface area contributed by atoms with E-state index in [1.54, 1.807) is 48.5 Å². The predicted molar refractivity (Wildman–Crippen MR) is 113 cm³/mol. The van der Waals surface area contributed by atoms with Gasteiger partial charge in [0.05, 0.1) is 17.7 Å². The second kappa shape index (κ2) is 9.09. The fraction of sp³-hybridized carbons (Fsp3) is 0.0952. The van der Waals surface area contributed by atoms with Crippen LogP contribution in [0.4, 0.5) is 5.69 Å². The Labute approximate surface area is 174 Å². The van der Waals surface area contributed by atoms with Gasteiger partial charge in [-0.3, -0.25) is 4.79 Å². The minimum absolute atomic E-state index is 0.0707. The molecule has 3 aromatic rings. The van der Waals surface area contributed by atoms with E-state index in [-0.39, 0.29) is 17.3 Å². The van der Waals surface area contributed by atoms with Gasteiger partial charge in [0.25, 0.3) is 0 Å². The molecule has 0 saturated carbocycles. The highest BCUT2D eigenvalue weighted by atomic mass is 35.5. The number of carbonyl (C=O) groups is 1. The molecule has 0 aliphatic rings. The average Bonchev–Trinajstić information content (AvgIpc) is 3.21. The number of aryl methyl sites for hydroxylation is 1. The number of amides is 1. The van der Waals surface area contributed by atoms with E-state index in [1.807, 2.05) is 6.92 Å². The molecule has 6 nitrogen and oxygen atoms in total. The first-order chi connectivity index (χ1) is 13.8. The molecule has 0 atom stereocenters. The van der Waals surface area contributed by atoms with Gasteiger partial charge in [-0.15, -0.1) is 0 Å². The molecule has 2 N–H and O–H groups in total. The van der Waals surface area contributed by atoms with Crippen molar-refractivity contribution >= 4 is 39.3 Å². The number of nitrogens with one attached hydrogen (secondary N) is 2. The quantitative estimate of drug-likeness (QED) is 0.544. The van der Waals surface area contributed by atoms with Crippen molar-refractivity contribution in [3.8, 4) is 0 Å². The molecule has 0 spiro atoms. The number of rotatable bonds is 7. The zero-order chi connectivity index (χ0) is 20.9. The molecule has 1 amide bonds. The summed E-state index contributed by atoms with van der Waals surface area (Å²) in [6.45, 7) is 1.92. The molecule has 29 heavy (non-hydrogen) atoms. The van der Waals surface area contributed by atoms with E-state index < -0.39 is 10.0 Å². The van der Waals surface area contributed by atoms with Crippen LogP contribution in [0.15, 0.2) is 76.2 Å². The number of carbonyl (C=O) groups excluding carboxylic acids is 1. The van der Waals surface area contributed by atoms with Gasteiger partial charge in [0, 0.05) is 16.8 Å². The summed E-state index contributed by atoms with van der Waals surface area (Å²) in [4.78, 5) is 12.2. The first-order valence-electron chi connectivity index (χ1n) is 8.71. The minimum atomic E-state index is -3.66. The number of sulfonamides is 1. The number of hydrogen-bond acceptors (Lipinski definition) is 4. The summed E-state index contributed by atoms with van der Waals surface area (Å²) in [5, 5.41) is 3.38. The smallest absolute Gasteiger partial charge is 0.248 e. The topological polar surface area (TPSA) is 88.4 Å². The van der Waals surface area contributed by atoms with Crippen LogP contribution in [0.3, 0.4) is 0 Å². The molecule has 0 radical (unpaired) electrons. The highest BCUT2D eigenvalue weighted by Gasteiger charge is 2.14. The zero-order valence-electron chi connectivity index (χ0n) is 15.6. The van der Waals surface area contributed by atoms with E-state index in [0.29, 0.717) is 22.0 Å². The lowest BCUT2D eigenvalue weighted by Gasteiger charge is -2.07. The van der Waals surface area contributed by atoms with Gasteiger partial charge in [0.2, 0.25) is 15.9 Å². The Morgan fingerprint density at radius 2 is 1.90 bits per heavy atom. The summed E-state index contributed by atoms with van der Waals surface area (Å²) < 4.78 is 32.2. The van der Waals surface area contributed by atoms with Crippen LogP contribution in [-0.2, 0) is 21.4 Å². The van der Waals surface area contributed by atoms with Crippen LogP contribution >= 0.6 is 11.6 Å². The highest BCUT2D eigenvalue weighted by molar-refractivity contribution is 7.89. The van der Waals surface area contributed by atoms with E-state index in [1.165, 1.54) is 24.5 Å². The van der Waals surface area contributed by atoms with Crippen molar-refractivity contribution in [1.82, 2.24) is 4.72 Å². The van der Waals surface area contributed by atoms with E-state index in [4.69, 9.17) is 16.0 Å². The van der Waals surface area contributed by atoms with Crippen molar-refractivity contribution in [2.45, 2.75) is 18.4 Å². The molecule has 1 heterocycles. The molecule has 0 aliphatic heterocycles. The molecule has 8 heteroatoms. The van der Waals surface area contributed by atoms with Gasteiger partial charge in [0.1, 0.15) is 5.76 Å². The summed E-state index contributed by atoms with van der Waals surface area (Å²) >= 11 is 5.91. The van der Waals surface area contributed by atoms with Gasteiger partial charge in [-0.05, 0) is 66.6 Å². The van der Waals surface area contributed by atoms with Gasteiger partial charge in [-0.25, -0.2) is 13.1 Å². The van der Waals surface area contributed by atoms with Gasteiger partial charge in [0.15, 0.2) is 0 Å². The molecular weight excluding hydrogens is 412 g/mol. The summed E-state index contributed by atoms with van der Waals surface area (Å²) in [5.74, 6) is 0.224. The van der Waals surface area contributed by atoms with Gasteiger partial charge < -0.3 is 9.73 Å². The molecule has 0 fully saturated rings. The molecule has 0 unspecified atom stereocenters. The van der Waals surface area contributed by atoms with Crippen LogP contribution in [0, 0.1) is 6.92 Å². The van der Waals surface area contributed by atoms with Gasteiger partial charge >= 0.3 is 0 Å². The van der Waals surface area contributed by atoms with E-state index in [2.05, 4.69) is 10.0 Å². The molecule has 2 aromatic carbocycles. The number of benzene rings is 2. The monoisotopic (exact) mass is 430 g/mol. The molecule has 150 valence electrons. The Hall–Kier alpha value is -2.87. The Morgan fingerprint density at radius 3 is 2.55 bits per heavy atom. The third-order valence-electron chi connectivity index (χ3n) is 4.08. The van der Waals surface area contributed by atoms with E-state index >= 15 is 0 Å². The molecule has 0 bridgehead atoms. The molecule has 3 rings (SSSR count). The molecular formula is C21H19ClN2O4S. The van der Waals surface area contributed by atoms with E-state index in [0.717, 1.165) is 5.56 Å². The lowest BCUT2D eigenvalue weighted by Crippen LogP contribution is -2.22. The maximum Gasteiger partial charge on any atom is 0.248 e. The standard InChI is InChI=1S/C21H19ClN2O4S/c1-15-13-17(22)7-10-20(15)24-21(25)11-6-16-4-8-19(9-5-16)29(26,27)23-14-18-3-2-12-28-18/h2-13,23H,14H2,1H3,(H,24,25)/b11-6+. The lowest BCUT2D eigenvalue weighted by molar-refractivity contribution is -0.111. The largest absolute Gasteiger partial charge is 0.468 e. The van der Waals surface area contributed by atoms with Crippen LogP contribution in [0.25, 0.3) is 6.08 Å². The fourth-order valence-corrected chi connectivity index (χ4v) is 3.75. The highest BCUT2D eigenvalue weighted by Crippen LogP contribution is 2.19. The number of anilines is 1. The van der Waals surface area contributed by atoms with Gasteiger partial charge in [-0.1, -0.05) is 23.7 Å². The van der Waals surface area contributed by atoms with Crippen molar-refractivity contribution in [3.63, 3.8) is 0 Å². The molecule has 0 saturated heterocycles. The van der Waals surface area contributed by atoms with Crippen molar-refractivity contribution in [2.24, 2.45) is 0 Å². The summed E-state index contributed by atoms with van der Waals surface area (Å²) in [7, 11) is -3.66. The summed E-state index contributed by atoms with van der Waals surface area (Å²) in [6.07, 6.45) is 4.47. The van der Waals surface area contributed by atoms with Crippen molar-refractivity contribution in [1.29, 1.82) is 0 Å². The third-order valence-corrected chi connectivity index (χ3v) is 5.73. The summed E-state index contributed by atoms with van der Waals surface area (Å²) in [5.41, 5.74) is 2.22. The average molecular weight is 431 g/mol. The number of halogens is 1. The Balaban J connectivity index is 1.61. The van der Waals surface area contributed by atoms with Crippen LogP contribution in [-0.4, -0.2) is 14.3 Å². The normalized spacial score (nSPS) is 11.7. The zero-order valence-corrected chi connectivity index (χ0v) is 17.1. The second-order valence-corrected chi connectivity index (χ2v) is 8.46. The summed E-state index contributed by atoms with van der Waals surface area (Å²) in [6, 6.07) is 14.8. The first kappa shape index (κ1) is 20.9. The van der Waals surface area contributed by atoms with Crippen LogP contribution in [0.1, 0.15) is 16.9 Å². The van der Waals surface area contributed by atoms with Crippen molar-refractivity contribution < 1.29 is 17.6 Å². The molecule has 0 aliphatic carbocycles. The SMILES string of the molecule is Cc1cc(Cl)ccc1NC(=O)/C=C/c1ccc(S(=O)(=O)NCc2ccco2)cc1. The Morgan fingerprint density at radius 1 is 1.14 bits per heavy atom. The molecule has 1 aromatic heterocycles. The van der Waals surface area contributed by atoms with Crippen LogP contribution in [0.5, 0.6) is 0 Å². The van der Waals surface area contributed by atoms with Crippen LogP contribution in [0.2, 0.25) is 5.02 Å².